The van der Waals surface area contributed by atoms with Crippen molar-refractivity contribution in [2.45, 2.75) is 19.9 Å². The third-order valence-electron chi connectivity index (χ3n) is 4.96. The van der Waals surface area contributed by atoms with Gasteiger partial charge in [0.25, 0.3) is 0 Å². The molecule has 0 aliphatic heterocycles. The van der Waals surface area contributed by atoms with Gasteiger partial charge in [0, 0.05) is 35.8 Å². The highest BCUT2D eigenvalue weighted by Gasteiger charge is 2.21. The molecule has 0 aliphatic rings. The molecule has 0 saturated heterocycles. The Bertz CT molecular complexity index is 1320. The maximum Gasteiger partial charge on any atom is 0.200 e. The summed E-state index contributed by atoms with van der Waals surface area (Å²) < 4.78 is 3.73. The summed E-state index contributed by atoms with van der Waals surface area (Å²) in [7, 11) is 0. The number of aromatic nitrogens is 6. The summed E-state index contributed by atoms with van der Waals surface area (Å²) in [5.41, 5.74) is 5.23. The van der Waals surface area contributed by atoms with Gasteiger partial charge in [0.2, 0.25) is 0 Å². The first-order chi connectivity index (χ1) is 14.6. The molecule has 0 unspecified atom stereocenters. The van der Waals surface area contributed by atoms with Crippen molar-refractivity contribution in [1.82, 2.24) is 29.4 Å². The van der Waals surface area contributed by atoms with E-state index in [9.17, 15) is 0 Å². The van der Waals surface area contributed by atoms with Crippen molar-refractivity contribution >= 4 is 17.1 Å². The van der Waals surface area contributed by atoms with Crippen molar-refractivity contribution in [3.05, 3.63) is 78.3 Å². The summed E-state index contributed by atoms with van der Waals surface area (Å²) >= 11 is 6.70. The Labute approximate surface area is 178 Å². The fourth-order valence-corrected chi connectivity index (χ4v) is 3.77. The van der Waals surface area contributed by atoms with Gasteiger partial charge in [-0.2, -0.15) is 5.10 Å². The van der Waals surface area contributed by atoms with Crippen LogP contribution in [0, 0.1) is 0 Å². The normalized spacial score (nSPS) is 11.5. The molecular formula is C23H19ClN6. The number of fused-ring (bicyclic) bond motifs is 1. The van der Waals surface area contributed by atoms with Gasteiger partial charge in [-0.3, -0.25) is 9.67 Å². The Morgan fingerprint density at radius 3 is 2.40 bits per heavy atom. The van der Waals surface area contributed by atoms with Crippen molar-refractivity contribution in [1.29, 1.82) is 0 Å². The minimum Gasteiger partial charge on any atom is -0.270 e. The lowest BCUT2D eigenvalue weighted by Gasteiger charge is -2.06. The van der Waals surface area contributed by atoms with Crippen molar-refractivity contribution in [3.63, 3.8) is 0 Å². The molecule has 4 aromatic heterocycles. The van der Waals surface area contributed by atoms with E-state index in [1.54, 1.807) is 10.7 Å². The Morgan fingerprint density at radius 2 is 1.70 bits per heavy atom. The minimum absolute atomic E-state index is 0.273. The fraction of sp³-hybridized carbons (Fsp3) is 0.130. The zero-order valence-corrected chi connectivity index (χ0v) is 17.3. The van der Waals surface area contributed by atoms with Crippen LogP contribution in [0.5, 0.6) is 0 Å². The van der Waals surface area contributed by atoms with E-state index in [1.807, 2.05) is 59.5 Å². The van der Waals surface area contributed by atoms with Crippen LogP contribution < -0.4 is 0 Å². The summed E-state index contributed by atoms with van der Waals surface area (Å²) in [5, 5.41) is 9.85. The summed E-state index contributed by atoms with van der Waals surface area (Å²) in [6.07, 6.45) is 5.67. The molecule has 0 N–H and O–H groups in total. The molecule has 30 heavy (non-hydrogen) atoms. The second-order valence-corrected chi connectivity index (χ2v) is 7.65. The average Bonchev–Trinajstić information content (AvgIpc) is 3.40. The Balaban J connectivity index is 1.79. The highest BCUT2D eigenvalue weighted by Crippen LogP contribution is 2.39. The number of rotatable bonds is 4. The van der Waals surface area contributed by atoms with E-state index >= 15 is 0 Å². The molecule has 6 nitrogen and oxygen atoms in total. The summed E-state index contributed by atoms with van der Waals surface area (Å²) in [6, 6.07) is 18.0. The molecule has 148 valence electrons. The molecule has 0 aliphatic carbocycles. The summed E-state index contributed by atoms with van der Waals surface area (Å²) in [5.74, 6) is 0.474. The van der Waals surface area contributed by atoms with Crippen molar-refractivity contribution < 1.29 is 0 Å². The van der Waals surface area contributed by atoms with E-state index in [-0.39, 0.29) is 6.04 Å². The largest absolute Gasteiger partial charge is 0.270 e. The first-order valence-electron chi connectivity index (χ1n) is 9.73. The quantitative estimate of drug-likeness (QED) is 0.386. The number of hydrogen-bond acceptors (Lipinski definition) is 4. The van der Waals surface area contributed by atoms with Gasteiger partial charge in [-0.1, -0.05) is 48.0 Å². The standard InChI is InChI=1S/C23H19ClN6/c1-15(2)29-13-11-18(27-29)17-14-30-21(20(17)16-8-4-3-5-9-16)22(24)26-23(28-30)19-10-6-7-12-25-19/h3-15H,1-2H3. The third kappa shape index (κ3) is 3.15. The molecule has 0 fully saturated rings. The van der Waals surface area contributed by atoms with Gasteiger partial charge in [0.1, 0.15) is 11.2 Å². The van der Waals surface area contributed by atoms with Gasteiger partial charge in [0.15, 0.2) is 11.0 Å². The maximum atomic E-state index is 6.70. The average molecular weight is 415 g/mol. The molecule has 0 atom stereocenters. The number of nitrogens with zero attached hydrogens (tertiary/aromatic N) is 6. The first-order valence-corrected chi connectivity index (χ1v) is 10.1. The molecule has 0 saturated carbocycles. The predicted octanol–water partition coefficient (Wildman–Crippen LogP) is 5.56. The minimum atomic E-state index is 0.273. The Kier molecular flexibility index (Phi) is 4.56. The van der Waals surface area contributed by atoms with Gasteiger partial charge in [-0.25, -0.2) is 9.50 Å². The van der Waals surface area contributed by atoms with E-state index in [1.165, 1.54) is 0 Å². The molecule has 5 rings (SSSR count). The van der Waals surface area contributed by atoms with Crippen LogP contribution in [0.4, 0.5) is 0 Å². The van der Waals surface area contributed by atoms with Crippen molar-refractivity contribution in [2.24, 2.45) is 0 Å². The van der Waals surface area contributed by atoms with E-state index in [0.717, 1.165) is 27.9 Å². The number of halogens is 1. The summed E-state index contributed by atoms with van der Waals surface area (Å²) in [4.78, 5) is 8.90. The van der Waals surface area contributed by atoms with Gasteiger partial charge in [-0.15, -0.1) is 5.10 Å². The molecule has 0 radical (unpaired) electrons. The van der Waals surface area contributed by atoms with Crippen LogP contribution in [-0.2, 0) is 0 Å². The lowest BCUT2D eigenvalue weighted by molar-refractivity contribution is 0.534. The smallest absolute Gasteiger partial charge is 0.200 e. The Morgan fingerprint density at radius 1 is 0.900 bits per heavy atom. The highest BCUT2D eigenvalue weighted by molar-refractivity contribution is 6.33. The lowest BCUT2D eigenvalue weighted by atomic mass is 10.0. The number of pyridine rings is 1. The van der Waals surface area contributed by atoms with Crippen molar-refractivity contribution in [3.8, 4) is 33.9 Å². The van der Waals surface area contributed by atoms with E-state index < -0.39 is 0 Å². The van der Waals surface area contributed by atoms with Crippen LogP contribution in [0.15, 0.2) is 73.2 Å². The van der Waals surface area contributed by atoms with Crippen LogP contribution in [-0.4, -0.2) is 29.4 Å². The van der Waals surface area contributed by atoms with Crippen LogP contribution in [0.1, 0.15) is 19.9 Å². The van der Waals surface area contributed by atoms with Crippen LogP contribution in [0.3, 0.4) is 0 Å². The molecule has 0 spiro atoms. The molecule has 4 heterocycles. The molecular weight excluding hydrogens is 396 g/mol. The number of hydrogen-bond donors (Lipinski definition) is 0. The number of benzene rings is 1. The highest BCUT2D eigenvalue weighted by atomic mass is 35.5. The Hall–Kier alpha value is -3.51. The van der Waals surface area contributed by atoms with Gasteiger partial charge >= 0.3 is 0 Å². The molecule has 1 aromatic carbocycles. The topological polar surface area (TPSA) is 60.9 Å². The van der Waals surface area contributed by atoms with E-state index in [0.29, 0.717) is 16.7 Å². The SMILES string of the molecule is CC(C)n1ccc(-c2cn3nc(-c4ccccn4)nc(Cl)c3c2-c2ccccc2)n1. The molecule has 7 heteroatoms. The second-order valence-electron chi connectivity index (χ2n) is 7.29. The van der Waals surface area contributed by atoms with E-state index in [4.69, 9.17) is 21.8 Å². The van der Waals surface area contributed by atoms with Gasteiger partial charge in [-0.05, 0) is 37.6 Å². The molecule has 0 bridgehead atoms. The summed E-state index contributed by atoms with van der Waals surface area (Å²) in [6.45, 7) is 4.21. The first kappa shape index (κ1) is 18.5. The van der Waals surface area contributed by atoms with Gasteiger partial charge < -0.3 is 0 Å². The molecule has 5 aromatic rings. The second kappa shape index (κ2) is 7.39. The molecule has 0 amide bonds. The van der Waals surface area contributed by atoms with Crippen molar-refractivity contribution in [2.75, 3.05) is 0 Å². The van der Waals surface area contributed by atoms with E-state index in [2.05, 4.69) is 35.9 Å². The van der Waals surface area contributed by atoms with Crippen LogP contribution >= 0.6 is 11.6 Å². The predicted molar refractivity (Wildman–Crippen MR) is 118 cm³/mol. The maximum absolute atomic E-state index is 6.70. The fourth-order valence-electron chi connectivity index (χ4n) is 3.50. The lowest BCUT2D eigenvalue weighted by Crippen LogP contribution is -2.00. The van der Waals surface area contributed by atoms with Crippen LogP contribution in [0.2, 0.25) is 5.15 Å². The zero-order chi connectivity index (χ0) is 20.7. The van der Waals surface area contributed by atoms with Gasteiger partial charge in [0.05, 0.1) is 5.69 Å². The third-order valence-corrected chi connectivity index (χ3v) is 5.22. The monoisotopic (exact) mass is 414 g/mol. The zero-order valence-electron chi connectivity index (χ0n) is 16.6. The van der Waals surface area contributed by atoms with Crippen LogP contribution in [0.25, 0.3) is 39.4 Å².